The Balaban J connectivity index is 1.72. The third-order valence-corrected chi connectivity index (χ3v) is 5.78. The molecule has 0 unspecified atom stereocenters. The zero-order valence-electron chi connectivity index (χ0n) is 15.7. The van der Waals surface area contributed by atoms with Crippen molar-refractivity contribution in [3.8, 4) is 5.75 Å². The predicted octanol–water partition coefficient (Wildman–Crippen LogP) is 2.77. The molecule has 0 saturated carbocycles. The zero-order valence-corrected chi connectivity index (χ0v) is 17.3. The van der Waals surface area contributed by atoms with Crippen LogP contribution in [-0.4, -0.2) is 30.8 Å². The van der Waals surface area contributed by atoms with Crippen molar-refractivity contribution in [2.75, 3.05) is 16.2 Å². The first-order chi connectivity index (χ1) is 14.8. The maximum atomic E-state index is 15.1. The average Bonchev–Trinajstić information content (AvgIpc) is 3.00. The summed E-state index contributed by atoms with van der Waals surface area (Å²) in [7, 11) is -4.24. The number of carbonyl (C=O) groups is 1. The summed E-state index contributed by atoms with van der Waals surface area (Å²) in [6.07, 6.45) is 2.73. The van der Waals surface area contributed by atoms with Gasteiger partial charge in [-0.2, -0.15) is 8.42 Å². The monoisotopic (exact) mass is 463 g/mol. The van der Waals surface area contributed by atoms with Crippen LogP contribution >= 0.6 is 11.6 Å². The van der Waals surface area contributed by atoms with Gasteiger partial charge in [0.15, 0.2) is 5.82 Å². The summed E-state index contributed by atoms with van der Waals surface area (Å²) in [5, 5.41) is 3.14. The number of carbonyl (C=O) groups excluding carboxylic acids is 1. The van der Waals surface area contributed by atoms with E-state index >= 15 is 4.39 Å². The highest BCUT2D eigenvalue weighted by atomic mass is 35.5. The van der Waals surface area contributed by atoms with Gasteiger partial charge in [-0.25, -0.2) is 23.4 Å². The highest BCUT2D eigenvalue weighted by Crippen LogP contribution is 2.38. The van der Waals surface area contributed by atoms with E-state index in [0.29, 0.717) is 9.33 Å². The van der Waals surface area contributed by atoms with Crippen LogP contribution in [0.15, 0.2) is 54.9 Å². The summed E-state index contributed by atoms with van der Waals surface area (Å²) in [4.78, 5) is 19.6. The number of anilines is 3. The van der Waals surface area contributed by atoms with Gasteiger partial charge in [0.05, 0.1) is 17.4 Å². The SMILES string of the molecule is O=C1CN(c2c(F)cc(Nc3ncc(Cl)cn3)cc2OCc2ccccc2)S(=O)(=O)N1. The summed E-state index contributed by atoms with van der Waals surface area (Å²) in [5.41, 5.74) is 0.617. The molecule has 0 aliphatic carbocycles. The number of benzene rings is 2. The topological polar surface area (TPSA) is 114 Å². The first kappa shape index (κ1) is 20.8. The van der Waals surface area contributed by atoms with Gasteiger partial charge in [-0.15, -0.1) is 0 Å². The quantitative estimate of drug-likeness (QED) is 0.577. The van der Waals surface area contributed by atoms with Crippen LogP contribution in [0.25, 0.3) is 0 Å². The van der Waals surface area contributed by atoms with E-state index in [1.807, 2.05) is 22.9 Å². The van der Waals surface area contributed by atoms with Crippen LogP contribution in [0, 0.1) is 5.82 Å². The molecule has 1 aromatic heterocycles. The molecule has 160 valence electrons. The van der Waals surface area contributed by atoms with Gasteiger partial charge in [0.2, 0.25) is 5.95 Å². The maximum Gasteiger partial charge on any atom is 0.326 e. The molecule has 2 N–H and O–H groups in total. The second-order valence-corrected chi connectivity index (χ2v) is 8.50. The molecule has 12 heteroatoms. The van der Waals surface area contributed by atoms with Crippen molar-refractivity contribution >= 4 is 45.0 Å². The van der Waals surface area contributed by atoms with Crippen LogP contribution in [-0.2, 0) is 21.6 Å². The van der Waals surface area contributed by atoms with Crippen LogP contribution in [0.4, 0.5) is 21.7 Å². The van der Waals surface area contributed by atoms with Gasteiger partial charge in [-0.1, -0.05) is 41.9 Å². The molecule has 1 fully saturated rings. The number of nitrogens with zero attached hydrogens (tertiary/aromatic N) is 3. The fourth-order valence-corrected chi connectivity index (χ4v) is 4.15. The number of nitrogens with one attached hydrogen (secondary N) is 2. The fraction of sp³-hybridized carbons (Fsp3) is 0.105. The van der Waals surface area contributed by atoms with Crippen LogP contribution in [0.5, 0.6) is 5.75 Å². The molecule has 1 aliphatic heterocycles. The van der Waals surface area contributed by atoms with Crippen molar-refractivity contribution in [3.63, 3.8) is 0 Å². The molecule has 0 radical (unpaired) electrons. The Bertz CT molecular complexity index is 1230. The lowest BCUT2D eigenvalue weighted by Crippen LogP contribution is -2.30. The number of halogens is 2. The van der Waals surface area contributed by atoms with E-state index in [2.05, 4.69) is 15.3 Å². The van der Waals surface area contributed by atoms with E-state index in [-0.39, 0.29) is 29.7 Å². The Labute approximate surface area is 182 Å². The lowest BCUT2D eigenvalue weighted by Gasteiger charge is -2.21. The molecular formula is C19H15ClFN5O4S. The van der Waals surface area contributed by atoms with Gasteiger partial charge in [-0.3, -0.25) is 4.79 Å². The molecule has 1 amide bonds. The summed E-state index contributed by atoms with van der Waals surface area (Å²) in [5.74, 6) is -1.62. The van der Waals surface area contributed by atoms with Gasteiger partial charge in [0.1, 0.15) is 24.6 Å². The summed E-state index contributed by atoms with van der Waals surface area (Å²) in [6, 6.07) is 11.5. The minimum atomic E-state index is -4.24. The number of amides is 1. The number of ether oxygens (including phenoxy) is 1. The molecule has 0 bridgehead atoms. The van der Waals surface area contributed by atoms with E-state index < -0.39 is 28.5 Å². The number of rotatable bonds is 6. The van der Waals surface area contributed by atoms with Crippen molar-refractivity contribution in [2.45, 2.75) is 6.61 Å². The van der Waals surface area contributed by atoms with Gasteiger partial charge in [-0.05, 0) is 11.6 Å². The van der Waals surface area contributed by atoms with Crippen LogP contribution in [0.1, 0.15) is 5.56 Å². The normalized spacial score (nSPS) is 14.9. The molecule has 3 aromatic rings. The van der Waals surface area contributed by atoms with Gasteiger partial charge < -0.3 is 10.1 Å². The zero-order chi connectivity index (χ0) is 22.0. The van der Waals surface area contributed by atoms with E-state index in [9.17, 15) is 13.2 Å². The maximum absolute atomic E-state index is 15.1. The molecule has 1 aliphatic rings. The third-order valence-electron chi connectivity index (χ3n) is 4.21. The molecule has 31 heavy (non-hydrogen) atoms. The number of hydrogen-bond acceptors (Lipinski definition) is 7. The lowest BCUT2D eigenvalue weighted by atomic mass is 10.2. The van der Waals surface area contributed by atoms with E-state index in [1.54, 1.807) is 12.1 Å². The average molecular weight is 464 g/mol. The van der Waals surface area contributed by atoms with Crippen LogP contribution < -0.4 is 19.1 Å². The van der Waals surface area contributed by atoms with Gasteiger partial charge in [0, 0.05) is 11.8 Å². The number of hydrogen-bond donors (Lipinski definition) is 2. The Hall–Kier alpha value is -3.44. The molecule has 9 nitrogen and oxygen atoms in total. The molecule has 4 rings (SSSR count). The Morgan fingerprint density at radius 2 is 1.90 bits per heavy atom. The fourth-order valence-electron chi connectivity index (χ4n) is 2.89. The third kappa shape index (κ3) is 4.67. The second-order valence-electron chi connectivity index (χ2n) is 6.47. The molecule has 0 spiro atoms. The Morgan fingerprint density at radius 3 is 2.55 bits per heavy atom. The second kappa shape index (κ2) is 8.36. The summed E-state index contributed by atoms with van der Waals surface area (Å²) >= 11 is 5.77. The van der Waals surface area contributed by atoms with Crippen molar-refractivity contribution in [2.24, 2.45) is 0 Å². The first-order valence-corrected chi connectivity index (χ1v) is 10.7. The van der Waals surface area contributed by atoms with E-state index in [1.165, 1.54) is 18.5 Å². The van der Waals surface area contributed by atoms with Crippen LogP contribution in [0.3, 0.4) is 0 Å². The van der Waals surface area contributed by atoms with Crippen molar-refractivity contribution in [3.05, 3.63) is 71.3 Å². The molecular weight excluding hydrogens is 449 g/mol. The highest BCUT2D eigenvalue weighted by molar-refractivity contribution is 7.92. The summed E-state index contributed by atoms with van der Waals surface area (Å²) < 4.78 is 47.9. The minimum absolute atomic E-state index is 0.0451. The Morgan fingerprint density at radius 1 is 1.19 bits per heavy atom. The molecule has 2 heterocycles. The van der Waals surface area contributed by atoms with Crippen LogP contribution in [0.2, 0.25) is 5.02 Å². The smallest absolute Gasteiger partial charge is 0.326 e. The van der Waals surface area contributed by atoms with Crippen molar-refractivity contribution < 1.29 is 22.3 Å². The standard InChI is InChI=1S/C19H15ClFN5O4S/c20-13-8-22-19(23-9-13)24-14-6-15(21)18(26-10-17(27)25-31(26,28)29)16(7-14)30-11-12-4-2-1-3-5-12/h1-9H,10-11H2,(H,25,27)(H,22,23,24). The van der Waals surface area contributed by atoms with E-state index in [0.717, 1.165) is 11.6 Å². The highest BCUT2D eigenvalue weighted by Gasteiger charge is 2.37. The lowest BCUT2D eigenvalue weighted by molar-refractivity contribution is -0.117. The first-order valence-electron chi connectivity index (χ1n) is 8.90. The predicted molar refractivity (Wildman–Crippen MR) is 112 cm³/mol. The van der Waals surface area contributed by atoms with Gasteiger partial charge >= 0.3 is 10.2 Å². The molecule has 1 saturated heterocycles. The van der Waals surface area contributed by atoms with Gasteiger partial charge in [0.25, 0.3) is 5.91 Å². The molecule has 2 aromatic carbocycles. The largest absolute Gasteiger partial charge is 0.487 e. The number of aromatic nitrogens is 2. The van der Waals surface area contributed by atoms with E-state index in [4.69, 9.17) is 16.3 Å². The Kier molecular flexibility index (Phi) is 5.61. The minimum Gasteiger partial charge on any atom is -0.487 e. The van der Waals surface area contributed by atoms with Crippen molar-refractivity contribution in [1.82, 2.24) is 14.7 Å². The van der Waals surface area contributed by atoms with Crippen molar-refractivity contribution in [1.29, 1.82) is 0 Å². The molecule has 0 atom stereocenters. The summed E-state index contributed by atoms with van der Waals surface area (Å²) in [6.45, 7) is -0.516.